The molecule has 2 heterocycles. The topological polar surface area (TPSA) is 58.3 Å². The fraction of sp³-hybridized carbons (Fsp3) is 0.778. The zero-order valence-electron chi connectivity index (χ0n) is 8.80. The van der Waals surface area contributed by atoms with E-state index in [4.69, 9.17) is 5.73 Å². The first-order valence-corrected chi connectivity index (χ1v) is 6.11. The zero-order valence-corrected chi connectivity index (χ0v) is 9.62. The van der Waals surface area contributed by atoms with Crippen molar-refractivity contribution in [1.29, 1.82) is 0 Å². The van der Waals surface area contributed by atoms with Crippen molar-refractivity contribution in [3.8, 4) is 0 Å². The molecule has 0 aromatic carbocycles. The molecule has 15 heavy (non-hydrogen) atoms. The molecule has 0 saturated carbocycles. The quantitative estimate of drug-likeness (QED) is 0.788. The lowest BCUT2D eigenvalue weighted by molar-refractivity contribution is 0.302. The van der Waals surface area contributed by atoms with Crippen molar-refractivity contribution in [1.82, 2.24) is 14.3 Å². The molecule has 0 bridgehead atoms. The first-order chi connectivity index (χ1) is 7.40. The molecule has 1 aliphatic rings. The van der Waals surface area contributed by atoms with E-state index in [1.807, 2.05) is 0 Å². The highest BCUT2D eigenvalue weighted by atomic mass is 32.1. The van der Waals surface area contributed by atoms with Gasteiger partial charge in [-0.2, -0.15) is 4.37 Å². The average Bonchev–Trinajstić information content (AvgIpc) is 2.67. The summed E-state index contributed by atoms with van der Waals surface area (Å²) in [5.41, 5.74) is 5.56. The van der Waals surface area contributed by atoms with Gasteiger partial charge in [0.2, 0.25) is 5.13 Å². The minimum Gasteiger partial charge on any atom is -0.346 e. The van der Waals surface area contributed by atoms with Gasteiger partial charge in [0.05, 0.1) is 0 Å². The summed E-state index contributed by atoms with van der Waals surface area (Å²) in [7, 11) is 0. The Balaban J connectivity index is 1.90. The van der Waals surface area contributed by atoms with Crippen molar-refractivity contribution in [3.63, 3.8) is 0 Å². The lowest BCUT2D eigenvalue weighted by atomic mass is 10.4. The minimum absolute atomic E-state index is 0.749. The van der Waals surface area contributed by atoms with Crippen LogP contribution in [0.3, 0.4) is 0 Å². The summed E-state index contributed by atoms with van der Waals surface area (Å²) in [4.78, 5) is 8.97. The van der Waals surface area contributed by atoms with E-state index in [0.29, 0.717) is 0 Å². The third-order valence-corrected chi connectivity index (χ3v) is 3.38. The summed E-state index contributed by atoms with van der Waals surface area (Å²) in [5.74, 6) is 0. The van der Waals surface area contributed by atoms with E-state index in [2.05, 4.69) is 19.2 Å². The summed E-state index contributed by atoms with van der Waals surface area (Å²) in [6, 6.07) is 0. The first-order valence-electron chi connectivity index (χ1n) is 5.34. The van der Waals surface area contributed by atoms with Crippen LogP contribution in [0, 0.1) is 0 Å². The van der Waals surface area contributed by atoms with E-state index in [1.54, 1.807) is 6.33 Å². The van der Waals surface area contributed by atoms with Crippen molar-refractivity contribution in [3.05, 3.63) is 6.33 Å². The molecule has 0 unspecified atom stereocenters. The Morgan fingerprint density at radius 2 is 2.27 bits per heavy atom. The van der Waals surface area contributed by atoms with Crippen LogP contribution in [-0.4, -0.2) is 53.5 Å². The number of rotatable bonds is 3. The Hall–Kier alpha value is -0.720. The van der Waals surface area contributed by atoms with E-state index < -0.39 is 0 Å². The van der Waals surface area contributed by atoms with Crippen LogP contribution in [0.1, 0.15) is 6.42 Å². The number of nitrogens with two attached hydrogens (primary N) is 1. The maximum Gasteiger partial charge on any atom is 0.204 e. The van der Waals surface area contributed by atoms with Gasteiger partial charge in [-0.3, -0.25) is 0 Å². The number of aromatic nitrogens is 2. The van der Waals surface area contributed by atoms with Gasteiger partial charge < -0.3 is 15.5 Å². The van der Waals surface area contributed by atoms with Gasteiger partial charge in [-0.1, -0.05) is 0 Å². The summed E-state index contributed by atoms with van der Waals surface area (Å²) >= 11 is 1.47. The minimum atomic E-state index is 0.749. The van der Waals surface area contributed by atoms with Crippen LogP contribution >= 0.6 is 11.5 Å². The van der Waals surface area contributed by atoms with Gasteiger partial charge in [-0.15, -0.1) is 0 Å². The molecule has 0 amide bonds. The zero-order chi connectivity index (χ0) is 10.5. The molecule has 84 valence electrons. The Labute approximate surface area is 94.1 Å². The molecule has 2 rings (SSSR count). The Kier molecular flexibility index (Phi) is 3.87. The van der Waals surface area contributed by atoms with Crippen LogP contribution in [0.4, 0.5) is 5.13 Å². The van der Waals surface area contributed by atoms with E-state index >= 15 is 0 Å². The maximum atomic E-state index is 5.56. The highest BCUT2D eigenvalue weighted by Crippen LogP contribution is 2.16. The molecule has 1 aliphatic heterocycles. The fourth-order valence-electron chi connectivity index (χ4n) is 1.88. The number of nitrogens with zero attached hydrogens (tertiary/aromatic N) is 4. The molecular formula is C9H17N5S. The molecule has 0 atom stereocenters. The van der Waals surface area contributed by atoms with Gasteiger partial charge in [-0.05, 0) is 13.0 Å². The van der Waals surface area contributed by atoms with Crippen molar-refractivity contribution in [2.24, 2.45) is 5.73 Å². The molecule has 2 N–H and O–H groups in total. The van der Waals surface area contributed by atoms with Crippen LogP contribution in [0.15, 0.2) is 6.33 Å². The largest absolute Gasteiger partial charge is 0.346 e. The summed E-state index contributed by atoms with van der Waals surface area (Å²) in [5, 5.41) is 1.05. The highest BCUT2D eigenvalue weighted by molar-refractivity contribution is 7.09. The predicted octanol–water partition coefficient (Wildman–Crippen LogP) is 0.00890. The Bertz CT molecular complexity index is 276. The van der Waals surface area contributed by atoms with Crippen molar-refractivity contribution >= 4 is 16.7 Å². The number of anilines is 1. The van der Waals surface area contributed by atoms with E-state index in [1.165, 1.54) is 18.0 Å². The summed E-state index contributed by atoms with van der Waals surface area (Å²) in [6.07, 6.45) is 2.81. The molecule has 6 heteroatoms. The maximum absolute atomic E-state index is 5.56. The van der Waals surface area contributed by atoms with Crippen molar-refractivity contribution in [2.45, 2.75) is 6.42 Å². The lowest BCUT2D eigenvalue weighted by Crippen LogP contribution is -2.33. The van der Waals surface area contributed by atoms with E-state index in [9.17, 15) is 0 Å². The second-order valence-electron chi connectivity index (χ2n) is 3.69. The van der Waals surface area contributed by atoms with Crippen molar-refractivity contribution < 1.29 is 0 Å². The van der Waals surface area contributed by atoms with Crippen LogP contribution < -0.4 is 10.6 Å². The van der Waals surface area contributed by atoms with Crippen molar-refractivity contribution in [2.75, 3.05) is 44.2 Å². The molecule has 0 aliphatic carbocycles. The monoisotopic (exact) mass is 227 g/mol. The van der Waals surface area contributed by atoms with Crippen LogP contribution in [0.25, 0.3) is 0 Å². The summed E-state index contributed by atoms with van der Waals surface area (Å²) < 4.78 is 4.04. The van der Waals surface area contributed by atoms with E-state index in [0.717, 1.165) is 44.4 Å². The van der Waals surface area contributed by atoms with E-state index in [-0.39, 0.29) is 0 Å². The third-order valence-electron chi connectivity index (χ3n) is 2.65. The standard InChI is InChI=1S/C9H17N5S/c10-2-5-13-3-1-4-14(7-6-13)9-11-8-12-15-9/h8H,1-7,10H2. The fourth-order valence-corrected chi connectivity index (χ4v) is 2.46. The molecular weight excluding hydrogens is 210 g/mol. The molecule has 0 spiro atoms. The molecule has 1 aromatic heterocycles. The van der Waals surface area contributed by atoms with Gasteiger partial charge in [0, 0.05) is 44.3 Å². The normalized spacial score (nSPS) is 19.1. The number of hydrogen-bond acceptors (Lipinski definition) is 6. The first kappa shape index (κ1) is 10.8. The van der Waals surface area contributed by atoms with Gasteiger partial charge in [-0.25, -0.2) is 4.98 Å². The SMILES string of the molecule is NCCN1CCCN(c2ncns2)CC1. The molecule has 5 nitrogen and oxygen atoms in total. The van der Waals surface area contributed by atoms with Crippen LogP contribution in [-0.2, 0) is 0 Å². The smallest absolute Gasteiger partial charge is 0.204 e. The van der Waals surface area contributed by atoms with Crippen LogP contribution in [0.5, 0.6) is 0 Å². The molecule has 0 radical (unpaired) electrons. The molecule has 1 saturated heterocycles. The average molecular weight is 227 g/mol. The molecule has 1 fully saturated rings. The third kappa shape index (κ3) is 2.87. The number of hydrogen-bond donors (Lipinski definition) is 1. The second-order valence-corrected chi connectivity index (χ2v) is 4.45. The second kappa shape index (κ2) is 5.39. The summed E-state index contributed by atoms with van der Waals surface area (Å²) in [6.45, 7) is 6.09. The van der Waals surface area contributed by atoms with Gasteiger partial charge >= 0.3 is 0 Å². The Morgan fingerprint density at radius 3 is 3.00 bits per heavy atom. The molecule has 1 aromatic rings. The van der Waals surface area contributed by atoms with Gasteiger partial charge in [0.1, 0.15) is 6.33 Å². The Morgan fingerprint density at radius 1 is 1.33 bits per heavy atom. The predicted molar refractivity (Wildman–Crippen MR) is 62.2 cm³/mol. The van der Waals surface area contributed by atoms with Gasteiger partial charge in [0.25, 0.3) is 0 Å². The highest BCUT2D eigenvalue weighted by Gasteiger charge is 2.16. The van der Waals surface area contributed by atoms with Crippen LogP contribution in [0.2, 0.25) is 0 Å². The lowest BCUT2D eigenvalue weighted by Gasteiger charge is -2.20. The van der Waals surface area contributed by atoms with Gasteiger partial charge in [0.15, 0.2) is 0 Å².